The third-order valence-corrected chi connectivity index (χ3v) is 9.22. The van der Waals surface area contributed by atoms with E-state index in [1.807, 2.05) is 0 Å². The van der Waals surface area contributed by atoms with Crippen LogP contribution < -0.4 is 15.4 Å². The van der Waals surface area contributed by atoms with Gasteiger partial charge in [0.1, 0.15) is 23.7 Å². The number of carbonyl (C=O) groups is 5. The Morgan fingerprint density at radius 1 is 1.13 bits per heavy atom. The normalized spacial score (nSPS) is 18.4. The zero-order valence-corrected chi connectivity index (χ0v) is 26.5. The van der Waals surface area contributed by atoms with Crippen LogP contribution in [0, 0.1) is 11.7 Å². The summed E-state index contributed by atoms with van der Waals surface area (Å²) in [6, 6.07) is 11.3. The maximum atomic E-state index is 13.9. The van der Waals surface area contributed by atoms with Gasteiger partial charge in [0, 0.05) is 36.5 Å². The minimum absolute atomic E-state index is 0.00508. The minimum atomic E-state index is -1.16. The second-order valence-corrected chi connectivity index (χ2v) is 12.7. The van der Waals surface area contributed by atoms with Crippen LogP contribution in [0.2, 0.25) is 5.02 Å². The lowest BCUT2D eigenvalue weighted by Crippen LogP contribution is -2.51. The van der Waals surface area contributed by atoms with E-state index in [4.69, 9.17) is 21.1 Å². The smallest absolute Gasteiger partial charge is 0.417 e. The van der Waals surface area contributed by atoms with Gasteiger partial charge < -0.3 is 25.0 Å². The molecule has 2 fully saturated rings. The molecule has 2 aliphatic heterocycles. The van der Waals surface area contributed by atoms with Crippen LogP contribution in [0.1, 0.15) is 43.7 Å². The van der Waals surface area contributed by atoms with E-state index in [2.05, 4.69) is 15.4 Å². The quantitative estimate of drug-likeness (QED) is 0.245. The Labute approximate surface area is 270 Å². The lowest BCUT2D eigenvalue weighted by atomic mass is 9.82. The van der Waals surface area contributed by atoms with Crippen molar-refractivity contribution in [3.8, 4) is 0 Å². The predicted molar refractivity (Wildman–Crippen MR) is 165 cm³/mol. The highest BCUT2D eigenvalue weighted by atomic mass is 35.5. The fourth-order valence-corrected chi connectivity index (χ4v) is 6.60. The van der Waals surface area contributed by atoms with Crippen LogP contribution in [-0.4, -0.2) is 71.7 Å². The number of likely N-dealkylation sites (tertiary alicyclic amines) is 1. The van der Waals surface area contributed by atoms with Crippen LogP contribution in [0.5, 0.6) is 0 Å². The molecular formula is C31H36ClFN4O7S. The molecule has 0 bridgehead atoms. The fourth-order valence-electron chi connectivity index (χ4n) is 5.64. The van der Waals surface area contributed by atoms with Gasteiger partial charge in [0.05, 0.1) is 7.11 Å². The zero-order chi connectivity index (χ0) is 32.6. The van der Waals surface area contributed by atoms with E-state index >= 15 is 0 Å². The molecule has 2 aliphatic rings. The Balaban J connectivity index is 1.41. The summed E-state index contributed by atoms with van der Waals surface area (Å²) in [5.74, 6) is -2.68. The monoisotopic (exact) mass is 662 g/mol. The Morgan fingerprint density at radius 3 is 2.51 bits per heavy atom. The summed E-state index contributed by atoms with van der Waals surface area (Å²) in [6.45, 7) is 2.49. The van der Waals surface area contributed by atoms with Crippen molar-refractivity contribution >= 4 is 53.3 Å². The molecular weight excluding hydrogens is 627 g/mol. The van der Waals surface area contributed by atoms with E-state index in [-0.39, 0.29) is 31.3 Å². The molecule has 2 aromatic rings. The number of benzene rings is 2. The van der Waals surface area contributed by atoms with Crippen LogP contribution in [0.25, 0.3) is 0 Å². The Bertz CT molecular complexity index is 1420. The topological polar surface area (TPSA) is 143 Å². The number of amides is 4. The van der Waals surface area contributed by atoms with Gasteiger partial charge in [0.2, 0.25) is 17.7 Å². The largest absolute Gasteiger partial charge is 0.467 e. The van der Waals surface area contributed by atoms with Crippen LogP contribution >= 0.6 is 23.5 Å². The maximum Gasteiger partial charge on any atom is 0.417 e. The molecule has 4 amide bonds. The molecule has 2 heterocycles. The van der Waals surface area contributed by atoms with E-state index in [0.29, 0.717) is 48.5 Å². The van der Waals surface area contributed by atoms with Crippen molar-refractivity contribution in [3.05, 3.63) is 70.5 Å². The van der Waals surface area contributed by atoms with Crippen molar-refractivity contribution in [1.82, 2.24) is 20.3 Å². The summed E-state index contributed by atoms with van der Waals surface area (Å²) >= 11 is 6.73. The van der Waals surface area contributed by atoms with E-state index < -0.39 is 46.5 Å². The third-order valence-electron chi connectivity index (χ3n) is 8.03. The first-order valence-electron chi connectivity index (χ1n) is 14.5. The highest BCUT2D eigenvalue weighted by Gasteiger charge is 2.47. The van der Waals surface area contributed by atoms with Gasteiger partial charge in [-0.2, -0.15) is 0 Å². The predicted octanol–water partition coefficient (Wildman–Crippen LogP) is 3.53. The van der Waals surface area contributed by atoms with Crippen LogP contribution in [0.15, 0.2) is 48.5 Å². The lowest BCUT2D eigenvalue weighted by Gasteiger charge is -2.39. The van der Waals surface area contributed by atoms with Gasteiger partial charge in [-0.05, 0) is 79.4 Å². The first-order chi connectivity index (χ1) is 21.5. The summed E-state index contributed by atoms with van der Waals surface area (Å²) < 4.78 is 26.6. The fraction of sp³-hybridized carbons (Fsp3) is 0.452. The molecule has 4 rings (SSSR count). The number of ether oxygens (including phenoxy) is 2. The van der Waals surface area contributed by atoms with E-state index in [1.54, 1.807) is 35.2 Å². The van der Waals surface area contributed by atoms with Gasteiger partial charge in [-0.3, -0.25) is 19.1 Å². The van der Waals surface area contributed by atoms with E-state index in [1.165, 1.54) is 32.2 Å². The SMILES string of the molecule is COC(=O)C(CC1CC2(CCN(C(C)=O)CC2)NC1=O)NC(=O)[C@H](Cc1cccc(F)c1)SNC(=O)OCc1cccc(Cl)c1. The van der Waals surface area contributed by atoms with Crippen LogP contribution in [0.3, 0.4) is 0 Å². The maximum absolute atomic E-state index is 13.9. The molecule has 3 N–H and O–H groups in total. The molecule has 2 aromatic carbocycles. The summed E-state index contributed by atoms with van der Waals surface area (Å²) in [7, 11) is 1.19. The van der Waals surface area contributed by atoms with Crippen molar-refractivity contribution in [1.29, 1.82) is 0 Å². The lowest BCUT2D eigenvalue weighted by molar-refractivity contribution is -0.145. The van der Waals surface area contributed by atoms with Crippen molar-refractivity contribution in [2.45, 2.75) is 62.5 Å². The Morgan fingerprint density at radius 2 is 1.84 bits per heavy atom. The molecule has 0 radical (unpaired) electrons. The molecule has 11 nitrogen and oxygen atoms in total. The molecule has 0 saturated carbocycles. The number of nitrogens with one attached hydrogen (secondary N) is 3. The standard InChI is InChI=1S/C31H36ClFN4O7S/c1-19(38)37-11-9-31(10-12-37)17-22(27(39)35-31)16-25(29(41)43-2)34-28(40)26(15-20-5-4-8-24(33)14-20)45-36-30(42)44-18-21-6-3-7-23(32)13-21/h3-8,13-14,22,25-26H,9-12,15-18H2,1-2H3,(H,34,40)(H,35,39)(H,36,42)/t22?,25?,26-/m0/s1. The number of hydrogen-bond donors (Lipinski definition) is 3. The van der Waals surface area contributed by atoms with Crippen molar-refractivity contribution in [3.63, 3.8) is 0 Å². The number of piperidine rings is 1. The van der Waals surface area contributed by atoms with Crippen LogP contribution in [-0.2, 0) is 41.7 Å². The van der Waals surface area contributed by atoms with Gasteiger partial charge in [-0.15, -0.1) is 0 Å². The molecule has 242 valence electrons. The summed E-state index contributed by atoms with van der Waals surface area (Å²) in [4.78, 5) is 65.3. The minimum Gasteiger partial charge on any atom is -0.467 e. The highest BCUT2D eigenvalue weighted by molar-refractivity contribution is 7.99. The van der Waals surface area contributed by atoms with Gasteiger partial charge in [0.25, 0.3) is 0 Å². The summed E-state index contributed by atoms with van der Waals surface area (Å²) in [5, 5.41) is 5.23. The molecule has 0 aromatic heterocycles. The molecule has 2 unspecified atom stereocenters. The van der Waals surface area contributed by atoms with Gasteiger partial charge >= 0.3 is 12.1 Å². The highest BCUT2D eigenvalue weighted by Crippen LogP contribution is 2.36. The number of rotatable bonds is 11. The Hall–Kier alpha value is -3.84. The van der Waals surface area contributed by atoms with Crippen molar-refractivity contribution in [2.24, 2.45) is 5.92 Å². The number of halogens is 2. The van der Waals surface area contributed by atoms with Crippen molar-refractivity contribution < 1.29 is 37.8 Å². The second-order valence-electron chi connectivity index (χ2n) is 11.2. The number of hydrogen-bond acceptors (Lipinski definition) is 8. The third kappa shape index (κ3) is 9.57. The van der Waals surface area contributed by atoms with Gasteiger partial charge in [0.15, 0.2) is 0 Å². The first-order valence-corrected chi connectivity index (χ1v) is 15.8. The summed E-state index contributed by atoms with van der Waals surface area (Å²) in [6.07, 6.45) is 0.823. The number of esters is 1. The number of methoxy groups -OCH3 is 1. The molecule has 2 saturated heterocycles. The van der Waals surface area contributed by atoms with E-state index in [9.17, 15) is 28.4 Å². The van der Waals surface area contributed by atoms with Gasteiger partial charge in [-0.25, -0.2) is 14.0 Å². The van der Waals surface area contributed by atoms with Gasteiger partial charge in [-0.1, -0.05) is 35.9 Å². The number of nitrogens with zero attached hydrogens (tertiary/aromatic N) is 1. The average molecular weight is 663 g/mol. The second kappa shape index (κ2) is 15.4. The molecule has 3 atom stereocenters. The molecule has 14 heteroatoms. The molecule has 1 spiro atoms. The number of carbonyl (C=O) groups excluding carboxylic acids is 5. The Kier molecular flexibility index (Phi) is 11.7. The van der Waals surface area contributed by atoms with E-state index in [0.717, 1.165) is 11.9 Å². The summed E-state index contributed by atoms with van der Waals surface area (Å²) in [5.41, 5.74) is 0.670. The zero-order valence-electron chi connectivity index (χ0n) is 25.0. The molecule has 0 aliphatic carbocycles. The van der Waals surface area contributed by atoms with Crippen molar-refractivity contribution in [2.75, 3.05) is 20.2 Å². The molecule has 45 heavy (non-hydrogen) atoms. The first kappa shape index (κ1) is 34.0. The average Bonchev–Trinajstić information content (AvgIpc) is 3.30. The van der Waals surface area contributed by atoms with Crippen LogP contribution in [0.4, 0.5) is 9.18 Å².